The number of halogens is 4. The molecule has 1 aliphatic rings. The zero-order valence-electron chi connectivity index (χ0n) is 11.5. The molecule has 0 unspecified atom stereocenters. The number of nitrogens with zero attached hydrogens (tertiary/aromatic N) is 1. The minimum Gasteiger partial charge on any atom is -0.476 e. The molecule has 0 bridgehead atoms. The van der Waals surface area contributed by atoms with E-state index in [-0.39, 0.29) is 30.9 Å². The van der Waals surface area contributed by atoms with Gasteiger partial charge in [-0.25, -0.2) is 9.78 Å². The van der Waals surface area contributed by atoms with Crippen molar-refractivity contribution in [3.63, 3.8) is 0 Å². The van der Waals surface area contributed by atoms with E-state index in [1.807, 2.05) is 0 Å². The highest BCUT2D eigenvalue weighted by atomic mass is 35.5. The van der Waals surface area contributed by atoms with Crippen LogP contribution in [0.4, 0.5) is 10.2 Å². The van der Waals surface area contributed by atoms with Gasteiger partial charge >= 0.3 is 5.97 Å². The molecule has 5 nitrogen and oxygen atoms in total. The van der Waals surface area contributed by atoms with E-state index in [0.29, 0.717) is 16.4 Å². The van der Waals surface area contributed by atoms with E-state index in [4.69, 9.17) is 16.7 Å². The van der Waals surface area contributed by atoms with Crippen LogP contribution in [0.5, 0.6) is 0 Å². The van der Waals surface area contributed by atoms with E-state index in [1.54, 1.807) is 0 Å². The Morgan fingerprint density at radius 2 is 2.27 bits per heavy atom. The predicted octanol–water partition coefficient (Wildman–Crippen LogP) is 3.14. The van der Waals surface area contributed by atoms with E-state index in [1.165, 1.54) is 12.3 Å². The molecule has 2 rings (SSSR count). The standard InChI is InChI=1S/C13H15ClFN3O2.2ClH/c14-10-4-8(5-11(15)13(19)20)6-17-12(10)18-9-2-1-3-16-7-9;;/h4-6,9,16H,1-3,7H2,(H,17,18)(H,19,20);2*1H/b11-5-;;/t9-;;/m1../s1. The zero-order valence-corrected chi connectivity index (χ0v) is 13.9. The number of nitrogens with one attached hydrogen (secondary N) is 2. The molecule has 0 aromatic carbocycles. The number of piperidine rings is 1. The number of carboxylic acids is 1. The lowest BCUT2D eigenvalue weighted by atomic mass is 10.1. The highest BCUT2D eigenvalue weighted by Gasteiger charge is 2.15. The zero-order chi connectivity index (χ0) is 14.5. The third-order valence-corrected chi connectivity index (χ3v) is 3.29. The highest BCUT2D eigenvalue weighted by molar-refractivity contribution is 6.33. The fourth-order valence-corrected chi connectivity index (χ4v) is 2.24. The van der Waals surface area contributed by atoms with Gasteiger partial charge in [-0.15, -0.1) is 24.8 Å². The van der Waals surface area contributed by atoms with Gasteiger partial charge < -0.3 is 15.7 Å². The molecule has 1 aromatic heterocycles. The van der Waals surface area contributed by atoms with Crippen molar-refractivity contribution in [1.29, 1.82) is 0 Å². The van der Waals surface area contributed by atoms with Crippen LogP contribution < -0.4 is 10.6 Å². The van der Waals surface area contributed by atoms with E-state index in [9.17, 15) is 9.18 Å². The maximum atomic E-state index is 13.0. The second-order valence-electron chi connectivity index (χ2n) is 4.58. The van der Waals surface area contributed by atoms with Gasteiger partial charge in [-0.2, -0.15) is 4.39 Å². The topological polar surface area (TPSA) is 74.2 Å². The van der Waals surface area contributed by atoms with Crippen molar-refractivity contribution in [3.8, 4) is 0 Å². The number of carboxylic acid groups (broad SMARTS) is 1. The van der Waals surface area contributed by atoms with Crippen molar-refractivity contribution in [2.75, 3.05) is 18.4 Å². The molecule has 0 saturated carbocycles. The Balaban J connectivity index is 0.00000220. The van der Waals surface area contributed by atoms with Crippen molar-refractivity contribution in [2.45, 2.75) is 18.9 Å². The van der Waals surface area contributed by atoms with Gasteiger partial charge in [0.05, 0.1) is 5.02 Å². The van der Waals surface area contributed by atoms with Crippen LogP contribution in [0.25, 0.3) is 6.08 Å². The number of aromatic nitrogens is 1. The average molecular weight is 373 g/mol. The molecule has 2 heterocycles. The molecule has 0 amide bonds. The van der Waals surface area contributed by atoms with Crippen LogP contribution in [-0.2, 0) is 4.79 Å². The smallest absolute Gasteiger partial charge is 0.364 e. The maximum absolute atomic E-state index is 13.0. The molecule has 1 fully saturated rings. The van der Waals surface area contributed by atoms with Crippen molar-refractivity contribution >= 4 is 54.3 Å². The van der Waals surface area contributed by atoms with Gasteiger partial charge in [0.2, 0.25) is 5.83 Å². The second-order valence-corrected chi connectivity index (χ2v) is 4.99. The molecule has 124 valence electrons. The number of hydrogen-bond donors (Lipinski definition) is 3. The van der Waals surface area contributed by atoms with Gasteiger partial charge in [-0.05, 0) is 37.1 Å². The van der Waals surface area contributed by atoms with Crippen LogP contribution in [0.1, 0.15) is 18.4 Å². The summed E-state index contributed by atoms with van der Waals surface area (Å²) < 4.78 is 13.0. The second kappa shape index (κ2) is 9.84. The fraction of sp³-hybridized carbons (Fsp3) is 0.385. The summed E-state index contributed by atoms with van der Waals surface area (Å²) in [6.07, 6.45) is 4.38. The molecule has 0 radical (unpaired) electrons. The quantitative estimate of drug-likeness (QED) is 0.708. The highest BCUT2D eigenvalue weighted by Crippen LogP contribution is 2.23. The van der Waals surface area contributed by atoms with Crippen molar-refractivity contribution < 1.29 is 14.3 Å². The van der Waals surface area contributed by atoms with Crippen molar-refractivity contribution in [2.24, 2.45) is 0 Å². The normalized spacial score (nSPS) is 17.9. The molecule has 1 atom stereocenters. The summed E-state index contributed by atoms with van der Waals surface area (Å²) in [5, 5.41) is 15.3. The molecule has 1 aliphatic heterocycles. The molecule has 22 heavy (non-hydrogen) atoms. The Kier molecular flexibility index (Phi) is 9.36. The Labute approximate surface area is 145 Å². The lowest BCUT2D eigenvalue weighted by molar-refractivity contribution is -0.134. The summed E-state index contributed by atoms with van der Waals surface area (Å²) >= 11 is 6.07. The summed E-state index contributed by atoms with van der Waals surface area (Å²) in [4.78, 5) is 14.5. The van der Waals surface area contributed by atoms with Gasteiger partial charge in [0.15, 0.2) is 0 Å². The summed E-state index contributed by atoms with van der Waals surface area (Å²) in [5.41, 5.74) is 0.308. The number of pyridine rings is 1. The Morgan fingerprint density at radius 3 is 2.82 bits per heavy atom. The average Bonchev–Trinajstić information content (AvgIpc) is 2.43. The first kappa shape index (κ1) is 20.9. The van der Waals surface area contributed by atoms with E-state index >= 15 is 0 Å². The lowest BCUT2D eigenvalue weighted by Gasteiger charge is -2.24. The number of anilines is 1. The van der Waals surface area contributed by atoms with Crippen molar-refractivity contribution in [1.82, 2.24) is 10.3 Å². The molecule has 1 aromatic rings. The first-order chi connectivity index (χ1) is 9.56. The first-order valence-electron chi connectivity index (χ1n) is 6.29. The number of rotatable bonds is 4. The lowest BCUT2D eigenvalue weighted by Crippen LogP contribution is -2.38. The van der Waals surface area contributed by atoms with Gasteiger partial charge in [0.25, 0.3) is 0 Å². The molecule has 3 N–H and O–H groups in total. The molecule has 0 aliphatic carbocycles. The molecule has 0 spiro atoms. The van der Waals surface area contributed by atoms with E-state index in [2.05, 4.69) is 15.6 Å². The van der Waals surface area contributed by atoms with Crippen LogP contribution in [0.15, 0.2) is 18.1 Å². The van der Waals surface area contributed by atoms with Gasteiger partial charge in [-0.1, -0.05) is 11.6 Å². The molecular formula is C13H17Cl3FN3O2. The Bertz CT molecular complexity index is 537. The summed E-state index contributed by atoms with van der Waals surface area (Å²) in [6.45, 7) is 1.85. The van der Waals surface area contributed by atoms with Crippen LogP contribution in [-0.4, -0.2) is 35.2 Å². The summed E-state index contributed by atoms with van der Waals surface area (Å²) in [7, 11) is 0. The Morgan fingerprint density at radius 1 is 1.55 bits per heavy atom. The van der Waals surface area contributed by atoms with Crippen LogP contribution in [0, 0.1) is 0 Å². The third kappa shape index (κ3) is 5.96. The van der Waals surface area contributed by atoms with Gasteiger partial charge in [0.1, 0.15) is 5.82 Å². The third-order valence-electron chi connectivity index (χ3n) is 3.00. The molecule has 1 saturated heterocycles. The number of aliphatic carboxylic acids is 1. The minimum atomic E-state index is -1.61. The number of hydrogen-bond acceptors (Lipinski definition) is 4. The van der Waals surface area contributed by atoms with Crippen molar-refractivity contribution in [3.05, 3.63) is 28.7 Å². The van der Waals surface area contributed by atoms with Crippen LogP contribution in [0.2, 0.25) is 5.02 Å². The largest absolute Gasteiger partial charge is 0.476 e. The van der Waals surface area contributed by atoms with E-state index < -0.39 is 11.8 Å². The first-order valence-corrected chi connectivity index (χ1v) is 6.67. The number of carbonyl (C=O) groups is 1. The minimum absolute atomic E-state index is 0. The van der Waals surface area contributed by atoms with Gasteiger partial charge in [-0.3, -0.25) is 0 Å². The molecule has 9 heteroatoms. The Hall–Kier alpha value is -1.08. The summed E-state index contributed by atoms with van der Waals surface area (Å²) in [6, 6.07) is 1.74. The SMILES string of the molecule is Cl.Cl.O=C(O)/C(F)=C/c1cnc(N[C@@H]2CCCNC2)c(Cl)c1. The van der Waals surface area contributed by atoms with Gasteiger partial charge in [0, 0.05) is 18.8 Å². The van der Waals surface area contributed by atoms with E-state index in [0.717, 1.165) is 32.0 Å². The fourth-order valence-electron chi connectivity index (χ4n) is 2.01. The summed E-state index contributed by atoms with van der Waals surface area (Å²) in [5.74, 6) is -2.34. The maximum Gasteiger partial charge on any atom is 0.364 e. The van der Waals surface area contributed by atoms with Crippen LogP contribution >= 0.6 is 36.4 Å². The predicted molar refractivity (Wildman–Crippen MR) is 90.0 cm³/mol. The molecular weight excluding hydrogens is 356 g/mol. The van der Waals surface area contributed by atoms with Crippen LogP contribution in [0.3, 0.4) is 0 Å². The monoisotopic (exact) mass is 371 g/mol.